The van der Waals surface area contributed by atoms with Crippen LogP contribution in [0.1, 0.15) is 24.1 Å². The maximum Gasteiger partial charge on any atom is 0.318 e. The second-order valence-electron chi connectivity index (χ2n) is 3.90. The van der Waals surface area contributed by atoms with Crippen molar-refractivity contribution in [1.82, 2.24) is 10.2 Å². The maximum absolute atomic E-state index is 11.5. The molecular weight excluding hydrogens is 188 g/mol. The molecule has 0 spiro atoms. The van der Waals surface area contributed by atoms with Crippen LogP contribution in [0.15, 0.2) is 24.3 Å². The van der Waals surface area contributed by atoms with Crippen LogP contribution in [0, 0.1) is 6.92 Å². The molecule has 2 rings (SSSR count). The van der Waals surface area contributed by atoms with Gasteiger partial charge in [0.05, 0.1) is 6.04 Å². The van der Waals surface area contributed by atoms with Crippen LogP contribution in [0.3, 0.4) is 0 Å². The minimum Gasteiger partial charge on any atom is -0.336 e. The Labute approximate surface area is 90.1 Å². The van der Waals surface area contributed by atoms with Crippen LogP contribution in [0.25, 0.3) is 0 Å². The number of aryl methyl sites for hydroxylation is 1. The monoisotopic (exact) mass is 204 g/mol. The molecule has 1 aromatic rings. The van der Waals surface area contributed by atoms with Crippen molar-refractivity contribution >= 4 is 6.03 Å². The molecule has 0 saturated carbocycles. The van der Waals surface area contributed by atoms with E-state index in [0.717, 1.165) is 13.1 Å². The topological polar surface area (TPSA) is 32.3 Å². The fourth-order valence-corrected chi connectivity index (χ4v) is 1.99. The lowest BCUT2D eigenvalue weighted by Gasteiger charge is -2.21. The summed E-state index contributed by atoms with van der Waals surface area (Å²) in [7, 11) is 0. The number of urea groups is 1. The van der Waals surface area contributed by atoms with Crippen molar-refractivity contribution in [3.05, 3.63) is 35.4 Å². The van der Waals surface area contributed by atoms with Crippen LogP contribution >= 0.6 is 0 Å². The molecule has 1 fully saturated rings. The van der Waals surface area contributed by atoms with Gasteiger partial charge in [-0.15, -0.1) is 0 Å². The molecule has 1 atom stereocenters. The number of carbonyl (C=O) groups is 1. The van der Waals surface area contributed by atoms with E-state index in [4.69, 9.17) is 0 Å². The average Bonchev–Trinajstić information content (AvgIpc) is 2.61. The van der Waals surface area contributed by atoms with Crippen molar-refractivity contribution in [3.8, 4) is 0 Å². The summed E-state index contributed by atoms with van der Waals surface area (Å²) in [5.41, 5.74) is 2.46. The van der Waals surface area contributed by atoms with Crippen molar-refractivity contribution < 1.29 is 4.79 Å². The highest BCUT2D eigenvalue weighted by Gasteiger charge is 2.29. The SMILES string of the molecule is CCN1C(=O)NCC1c1ccc(C)cc1. The first kappa shape index (κ1) is 10.0. The molecule has 0 aromatic heterocycles. The van der Waals surface area contributed by atoms with Gasteiger partial charge in [-0.05, 0) is 19.4 Å². The van der Waals surface area contributed by atoms with E-state index in [1.54, 1.807) is 0 Å². The minimum absolute atomic E-state index is 0.0445. The third-order valence-electron chi connectivity index (χ3n) is 2.89. The summed E-state index contributed by atoms with van der Waals surface area (Å²) in [5.74, 6) is 0. The molecule has 1 aliphatic rings. The number of amides is 2. The molecule has 0 bridgehead atoms. The van der Waals surface area contributed by atoms with E-state index in [9.17, 15) is 4.79 Å². The first-order chi connectivity index (χ1) is 7.22. The zero-order chi connectivity index (χ0) is 10.8. The van der Waals surface area contributed by atoms with Gasteiger partial charge in [-0.25, -0.2) is 4.79 Å². The summed E-state index contributed by atoms with van der Waals surface area (Å²) in [6.07, 6.45) is 0. The van der Waals surface area contributed by atoms with Gasteiger partial charge in [0.15, 0.2) is 0 Å². The third kappa shape index (κ3) is 1.82. The molecule has 3 nitrogen and oxygen atoms in total. The number of rotatable bonds is 2. The highest BCUT2D eigenvalue weighted by atomic mass is 16.2. The third-order valence-corrected chi connectivity index (χ3v) is 2.89. The highest BCUT2D eigenvalue weighted by molar-refractivity contribution is 5.77. The van der Waals surface area contributed by atoms with Gasteiger partial charge in [0.1, 0.15) is 0 Å². The van der Waals surface area contributed by atoms with Gasteiger partial charge in [-0.3, -0.25) is 0 Å². The van der Waals surface area contributed by atoms with Crippen molar-refractivity contribution in [2.75, 3.05) is 13.1 Å². The van der Waals surface area contributed by atoms with Gasteiger partial charge < -0.3 is 10.2 Å². The van der Waals surface area contributed by atoms with Gasteiger partial charge in [-0.1, -0.05) is 29.8 Å². The summed E-state index contributed by atoms with van der Waals surface area (Å²) in [4.78, 5) is 13.3. The van der Waals surface area contributed by atoms with E-state index in [2.05, 4.69) is 36.5 Å². The van der Waals surface area contributed by atoms with Crippen LogP contribution < -0.4 is 5.32 Å². The maximum atomic E-state index is 11.5. The number of hydrogen-bond acceptors (Lipinski definition) is 1. The number of nitrogens with one attached hydrogen (secondary N) is 1. The fourth-order valence-electron chi connectivity index (χ4n) is 1.99. The minimum atomic E-state index is 0.0445. The van der Waals surface area contributed by atoms with Gasteiger partial charge in [0.25, 0.3) is 0 Å². The van der Waals surface area contributed by atoms with E-state index in [1.807, 2.05) is 11.8 Å². The Hall–Kier alpha value is -1.51. The van der Waals surface area contributed by atoms with Crippen molar-refractivity contribution in [2.45, 2.75) is 19.9 Å². The summed E-state index contributed by atoms with van der Waals surface area (Å²) in [5, 5.41) is 2.87. The van der Waals surface area contributed by atoms with Crippen LogP contribution in [0.5, 0.6) is 0 Å². The Balaban J connectivity index is 2.23. The standard InChI is InChI=1S/C12H16N2O/c1-3-14-11(8-13-12(14)15)10-6-4-9(2)5-7-10/h4-7,11H,3,8H2,1-2H3,(H,13,15). The summed E-state index contributed by atoms with van der Waals surface area (Å²) in [6, 6.07) is 8.62. The fraction of sp³-hybridized carbons (Fsp3) is 0.417. The lowest BCUT2D eigenvalue weighted by Crippen LogP contribution is -2.29. The van der Waals surface area contributed by atoms with Crippen LogP contribution in [0.2, 0.25) is 0 Å². The number of nitrogens with zero attached hydrogens (tertiary/aromatic N) is 1. The van der Waals surface area contributed by atoms with Gasteiger partial charge in [0.2, 0.25) is 0 Å². The van der Waals surface area contributed by atoms with E-state index >= 15 is 0 Å². The molecule has 2 amide bonds. The lowest BCUT2D eigenvalue weighted by atomic mass is 10.1. The predicted octanol–water partition coefficient (Wildman–Crippen LogP) is 2.08. The molecule has 1 aromatic carbocycles. The molecule has 1 heterocycles. The predicted molar refractivity (Wildman–Crippen MR) is 59.7 cm³/mol. The van der Waals surface area contributed by atoms with E-state index in [-0.39, 0.29) is 12.1 Å². The zero-order valence-electron chi connectivity index (χ0n) is 9.16. The number of benzene rings is 1. The first-order valence-corrected chi connectivity index (χ1v) is 5.33. The Kier molecular flexibility index (Phi) is 2.62. The zero-order valence-corrected chi connectivity index (χ0v) is 9.16. The van der Waals surface area contributed by atoms with Gasteiger partial charge in [-0.2, -0.15) is 0 Å². The van der Waals surface area contributed by atoms with Crippen molar-refractivity contribution in [2.24, 2.45) is 0 Å². The smallest absolute Gasteiger partial charge is 0.318 e. The van der Waals surface area contributed by atoms with Gasteiger partial charge >= 0.3 is 6.03 Å². The lowest BCUT2D eigenvalue weighted by molar-refractivity contribution is 0.207. The molecular formula is C12H16N2O. The molecule has 80 valence electrons. The number of likely N-dealkylation sites (N-methyl/N-ethyl adjacent to an activating group) is 1. The van der Waals surface area contributed by atoms with Crippen LogP contribution in [-0.4, -0.2) is 24.0 Å². The molecule has 0 radical (unpaired) electrons. The second kappa shape index (κ2) is 3.93. The van der Waals surface area contributed by atoms with E-state index in [0.29, 0.717) is 0 Å². The molecule has 1 N–H and O–H groups in total. The van der Waals surface area contributed by atoms with E-state index in [1.165, 1.54) is 11.1 Å². The van der Waals surface area contributed by atoms with Gasteiger partial charge in [0, 0.05) is 13.1 Å². The largest absolute Gasteiger partial charge is 0.336 e. The summed E-state index contributed by atoms with van der Waals surface area (Å²) in [6.45, 7) is 5.55. The molecule has 1 saturated heterocycles. The Bertz CT molecular complexity index is 358. The summed E-state index contributed by atoms with van der Waals surface area (Å²) < 4.78 is 0. The molecule has 15 heavy (non-hydrogen) atoms. The molecule has 1 unspecified atom stereocenters. The highest BCUT2D eigenvalue weighted by Crippen LogP contribution is 2.24. The van der Waals surface area contributed by atoms with Crippen LogP contribution in [0.4, 0.5) is 4.79 Å². The quantitative estimate of drug-likeness (QED) is 0.786. The molecule has 3 heteroatoms. The Morgan fingerprint density at radius 1 is 1.40 bits per heavy atom. The van der Waals surface area contributed by atoms with Crippen molar-refractivity contribution in [3.63, 3.8) is 0 Å². The molecule has 1 aliphatic heterocycles. The number of hydrogen-bond donors (Lipinski definition) is 1. The molecule has 0 aliphatic carbocycles. The average molecular weight is 204 g/mol. The van der Waals surface area contributed by atoms with Crippen molar-refractivity contribution in [1.29, 1.82) is 0 Å². The normalized spacial score (nSPS) is 20.5. The Morgan fingerprint density at radius 2 is 2.07 bits per heavy atom. The summed E-state index contributed by atoms with van der Waals surface area (Å²) >= 11 is 0. The van der Waals surface area contributed by atoms with Crippen LogP contribution in [-0.2, 0) is 0 Å². The van der Waals surface area contributed by atoms with E-state index < -0.39 is 0 Å². The first-order valence-electron chi connectivity index (χ1n) is 5.33. The second-order valence-corrected chi connectivity index (χ2v) is 3.90. The number of carbonyl (C=O) groups excluding carboxylic acids is 1. The Morgan fingerprint density at radius 3 is 2.67 bits per heavy atom.